The highest BCUT2D eigenvalue weighted by Gasteiger charge is 2.09. The van der Waals surface area contributed by atoms with E-state index in [9.17, 15) is 0 Å². The average molecular weight is 269 g/mol. The van der Waals surface area contributed by atoms with Gasteiger partial charge in [0.25, 0.3) is 0 Å². The topological polar surface area (TPSA) is 50.9 Å². The zero-order valence-corrected chi connectivity index (χ0v) is 12.5. The van der Waals surface area contributed by atoms with Crippen molar-refractivity contribution < 1.29 is 0 Å². The van der Waals surface area contributed by atoms with Crippen LogP contribution < -0.4 is 11.1 Å². The molecule has 3 nitrogen and oxygen atoms in total. The summed E-state index contributed by atoms with van der Waals surface area (Å²) in [4.78, 5) is 4.33. The number of nitrogens with zero attached hydrogens (tertiary/aromatic N) is 1. The molecule has 0 aromatic carbocycles. The summed E-state index contributed by atoms with van der Waals surface area (Å²) in [5.74, 6) is 0.817. The van der Waals surface area contributed by atoms with Gasteiger partial charge in [-0.15, -0.1) is 11.3 Å². The van der Waals surface area contributed by atoms with Crippen LogP contribution >= 0.6 is 11.3 Å². The summed E-state index contributed by atoms with van der Waals surface area (Å²) >= 11 is 1.72. The first-order valence-corrected chi connectivity index (χ1v) is 7.98. The highest BCUT2D eigenvalue weighted by molar-refractivity contribution is 7.09. The number of rotatable bonds is 10. The fraction of sp³-hybridized carbons (Fsp3) is 0.786. The Labute approximate surface area is 115 Å². The van der Waals surface area contributed by atoms with E-state index in [1.807, 2.05) is 11.6 Å². The predicted octanol–water partition coefficient (Wildman–Crippen LogP) is 3.34. The predicted molar refractivity (Wildman–Crippen MR) is 79.8 cm³/mol. The molecule has 0 bridgehead atoms. The number of nitrogens with one attached hydrogen (secondary N) is 1. The molecule has 0 saturated heterocycles. The second-order valence-electron chi connectivity index (χ2n) is 4.92. The van der Waals surface area contributed by atoms with Crippen LogP contribution in [0.15, 0.2) is 11.6 Å². The van der Waals surface area contributed by atoms with Gasteiger partial charge in [-0.05, 0) is 45.2 Å². The number of thiazole rings is 1. The third-order valence-electron chi connectivity index (χ3n) is 3.33. The van der Waals surface area contributed by atoms with Crippen LogP contribution in [0.1, 0.15) is 57.0 Å². The van der Waals surface area contributed by atoms with Gasteiger partial charge in [0.1, 0.15) is 5.01 Å². The Bertz CT molecular complexity index is 281. The van der Waals surface area contributed by atoms with E-state index in [1.165, 1.54) is 37.1 Å². The lowest BCUT2D eigenvalue weighted by molar-refractivity contribution is 0.398. The van der Waals surface area contributed by atoms with E-state index in [2.05, 4.69) is 24.1 Å². The lowest BCUT2D eigenvalue weighted by Gasteiger charge is -2.16. The Morgan fingerprint density at radius 3 is 2.83 bits per heavy atom. The number of aromatic nitrogens is 1. The van der Waals surface area contributed by atoms with Crippen LogP contribution in [0.2, 0.25) is 0 Å². The lowest BCUT2D eigenvalue weighted by atomic mass is 9.94. The van der Waals surface area contributed by atoms with E-state index in [1.54, 1.807) is 11.3 Å². The zero-order chi connectivity index (χ0) is 13.2. The van der Waals surface area contributed by atoms with Crippen molar-refractivity contribution in [3.8, 4) is 0 Å². The molecule has 0 saturated carbocycles. The SMILES string of the molecule is CCCC(CCN)CCCNC(C)c1nccs1. The standard InChI is InChI=1S/C14H27N3S/c1-3-5-13(7-8-15)6-4-9-16-12(2)14-17-10-11-18-14/h10-13,16H,3-9,15H2,1-2H3. The molecule has 1 aromatic rings. The molecule has 3 N–H and O–H groups in total. The first-order chi connectivity index (χ1) is 8.77. The Kier molecular flexibility index (Phi) is 8.22. The van der Waals surface area contributed by atoms with Gasteiger partial charge < -0.3 is 11.1 Å². The quantitative estimate of drug-likeness (QED) is 0.641. The van der Waals surface area contributed by atoms with Crippen molar-refractivity contribution in [3.63, 3.8) is 0 Å². The van der Waals surface area contributed by atoms with Crippen molar-refractivity contribution in [3.05, 3.63) is 16.6 Å². The highest BCUT2D eigenvalue weighted by Crippen LogP contribution is 2.18. The Hall–Kier alpha value is -0.450. The second kappa shape index (κ2) is 9.48. The fourth-order valence-corrected chi connectivity index (χ4v) is 2.99. The summed E-state index contributed by atoms with van der Waals surface area (Å²) in [6.07, 6.45) is 8.17. The van der Waals surface area contributed by atoms with Crippen LogP contribution in [0.25, 0.3) is 0 Å². The van der Waals surface area contributed by atoms with Gasteiger partial charge in [0.2, 0.25) is 0 Å². The van der Waals surface area contributed by atoms with Gasteiger partial charge in [0.05, 0.1) is 6.04 Å². The summed E-state index contributed by atoms with van der Waals surface area (Å²) in [7, 11) is 0. The molecule has 1 heterocycles. The van der Waals surface area contributed by atoms with Crippen LogP contribution in [-0.2, 0) is 0 Å². The lowest BCUT2D eigenvalue weighted by Crippen LogP contribution is -2.20. The minimum absolute atomic E-state index is 0.379. The van der Waals surface area contributed by atoms with Gasteiger partial charge in [-0.3, -0.25) is 0 Å². The van der Waals surface area contributed by atoms with Crippen molar-refractivity contribution in [2.24, 2.45) is 11.7 Å². The molecular formula is C14H27N3S. The molecule has 0 amide bonds. The average Bonchev–Trinajstić information content (AvgIpc) is 2.88. The van der Waals surface area contributed by atoms with E-state index in [4.69, 9.17) is 5.73 Å². The van der Waals surface area contributed by atoms with Gasteiger partial charge >= 0.3 is 0 Å². The molecule has 2 atom stereocenters. The van der Waals surface area contributed by atoms with Crippen molar-refractivity contribution in [2.75, 3.05) is 13.1 Å². The van der Waals surface area contributed by atoms with Crippen LogP contribution in [-0.4, -0.2) is 18.1 Å². The normalized spacial score (nSPS) is 14.6. The Morgan fingerprint density at radius 2 is 2.22 bits per heavy atom. The van der Waals surface area contributed by atoms with Gasteiger partial charge in [0.15, 0.2) is 0 Å². The third-order valence-corrected chi connectivity index (χ3v) is 4.29. The fourth-order valence-electron chi connectivity index (χ4n) is 2.32. The monoisotopic (exact) mass is 269 g/mol. The summed E-state index contributed by atoms with van der Waals surface area (Å²) in [6, 6.07) is 0.379. The molecule has 2 unspecified atom stereocenters. The van der Waals surface area contributed by atoms with Crippen molar-refractivity contribution >= 4 is 11.3 Å². The number of nitrogens with two attached hydrogens (primary N) is 1. The minimum Gasteiger partial charge on any atom is -0.330 e. The van der Waals surface area contributed by atoms with Crippen molar-refractivity contribution in [1.82, 2.24) is 10.3 Å². The maximum Gasteiger partial charge on any atom is 0.109 e. The first-order valence-electron chi connectivity index (χ1n) is 7.10. The molecule has 104 valence electrons. The molecule has 0 aliphatic carbocycles. The summed E-state index contributed by atoms with van der Waals surface area (Å²) in [5, 5.41) is 6.76. The number of hydrogen-bond donors (Lipinski definition) is 2. The molecule has 4 heteroatoms. The smallest absolute Gasteiger partial charge is 0.109 e. The highest BCUT2D eigenvalue weighted by atomic mass is 32.1. The largest absolute Gasteiger partial charge is 0.330 e. The van der Waals surface area contributed by atoms with E-state index >= 15 is 0 Å². The van der Waals surface area contributed by atoms with Crippen LogP contribution in [0.4, 0.5) is 0 Å². The Morgan fingerprint density at radius 1 is 1.39 bits per heavy atom. The Balaban J connectivity index is 2.13. The molecule has 1 rings (SSSR count). The molecule has 0 aliphatic heterocycles. The molecule has 1 aromatic heterocycles. The van der Waals surface area contributed by atoms with Gasteiger partial charge in [-0.25, -0.2) is 4.98 Å². The molecule has 18 heavy (non-hydrogen) atoms. The van der Waals surface area contributed by atoms with Gasteiger partial charge in [0, 0.05) is 11.6 Å². The maximum atomic E-state index is 5.65. The van der Waals surface area contributed by atoms with Gasteiger partial charge in [-0.2, -0.15) is 0 Å². The van der Waals surface area contributed by atoms with Crippen LogP contribution in [0, 0.1) is 5.92 Å². The zero-order valence-electron chi connectivity index (χ0n) is 11.7. The molecule has 0 radical (unpaired) electrons. The maximum absolute atomic E-state index is 5.65. The summed E-state index contributed by atoms with van der Waals surface area (Å²) < 4.78 is 0. The van der Waals surface area contributed by atoms with E-state index in [-0.39, 0.29) is 0 Å². The second-order valence-corrected chi connectivity index (χ2v) is 5.85. The summed E-state index contributed by atoms with van der Waals surface area (Å²) in [6.45, 7) is 6.34. The van der Waals surface area contributed by atoms with E-state index in [0.717, 1.165) is 19.0 Å². The molecule has 0 fully saturated rings. The molecular weight excluding hydrogens is 242 g/mol. The minimum atomic E-state index is 0.379. The van der Waals surface area contributed by atoms with Gasteiger partial charge in [-0.1, -0.05) is 19.8 Å². The van der Waals surface area contributed by atoms with Crippen LogP contribution in [0.3, 0.4) is 0 Å². The van der Waals surface area contributed by atoms with Crippen molar-refractivity contribution in [1.29, 1.82) is 0 Å². The molecule has 0 aliphatic rings. The van der Waals surface area contributed by atoms with E-state index in [0.29, 0.717) is 6.04 Å². The first kappa shape index (κ1) is 15.6. The van der Waals surface area contributed by atoms with Crippen LogP contribution in [0.5, 0.6) is 0 Å². The van der Waals surface area contributed by atoms with Crippen molar-refractivity contribution in [2.45, 2.75) is 52.0 Å². The van der Waals surface area contributed by atoms with E-state index < -0.39 is 0 Å². The summed E-state index contributed by atoms with van der Waals surface area (Å²) in [5.41, 5.74) is 5.65. The molecule has 0 spiro atoms. The third kappa shape index (κ3) is 5.94. The number of hydrogen-bond acceptors (Lipinski definition) is 4.